The lowest BCUT2D eigenvalue weighted by atomic mass is 10.1. The highest BCUT2D eigenvalue weighted by Gasteiger charge is 2.18. The van der Waals surface area contributed by atoms with Gasteiger partial charge in [-0.15, -0.1) is 0 Å². The number of carbonyl (C=O) groups is 2. The summed E-state index contributed by atoms with van der Waals surface area (Å²) in [6, 6.07) is 10.6. The molecule has 0 aliphatic carbocycles. The molecule has 0 bridgehead atoms. The summed E-state index contributed by atoms with van der Waals surface area (Å²) in [6.45, 7) is 5.53. The van der Waals surface area contributed by atoms with Crippen molar-refractivity contribution >= 4 is 34.0 Å². The zero-order valence-corrected chi connectivity index (χ0v) is 16.3. The number of carbonyl (C=O) groups excluding carboxylic acids is 2. The fourth-order valence-corrected chi connectivity index (χ4v) is 2.95. The van der Waals surface area contributed by atoms with E-state index in [1.807, 2.05) is 13.8 Å². The minimum Gasteiger partial charge on any atom is -0.324 e. The molecule has 3 rings (SSSR count). The highest BCUT2D eigenvalue weighted by atomic mass is 19.1. The fourth-order valence-electron chi connectivity index (χ4n) is 2.95. The van der Waals surface area contributed by atoms with E-state index in [9.17, 15) is 18.8 Å². The third-order valence-electron chi connectivity index (χ3n) is 4.16. The highest BCUT2D eigenvalue weighted by Crippen LogP contribution is 2.21. The third kappa shape index (κ3) is 4.48. The molecule has 0 saturated carbocycles. The van der Waals surface area contributed by atoms with Crippen molar-refractivity contribution in [2.45, 2.75) is 27.3 Å². The predicted molar refractivity (Wildman–Crippen MR) is 109 cm³/mol. The van der Waals surface area contributed by atoms with Gasteiger partial charge in [-0.2, -0.15) is 5.10 Å². The highest BCUT2D eigenvalue weighted by molar-refractivity contribution is 6.11. The van der Waals surface area contributed by atoms with E-state index in [0.717, 1.165) is 6.07 Å². The molecule has 3 aromatic rings. The van der Waals surface area contributed by atoms with Crippen LogP contribution in [0.25, 0.3) is 10.8 Å². The topological polar surface area (TPSA) is 93.1 Å². The summed E-state index contributed by atoms with van der Waals surface area (Å²) in [5, 5.41) is 10.1. The first-order valence-corrected chi connectivity index (χ1v) is 9.14. The Morgan fingerprint density at radius 1 is 1.10 bits per heavy atom. The molecule has 8 heteroatoms. The Balaban J connectivity index is 2.02. The number of halogens is 1. The van der Waals surface area contributed by atoms with Crippen LogP contribution < -0.4 is 16.2 Å². The maximum atomic E-state index is 13.8. The van der Waals surface area contributed by atoms with E-state index in [2.05, 4.69) is 15.7 Å². The molecule has 0 saturated heterocycles. The molecule has 150 valence electrons. The van der Waals surface area contributed by atoms with Crippen LogP contribution in [-0.4, -0.2) is 21.6 Å². The summed E-state index contributed by atoms with van der Waals surface area (Å²) in [5.41, 5.74) is 0.0670. The average molecular weight is 396 g/mol. The molecule has 0 radical (unpaired) electrons. The summed E-state index contributed by atoms with van der Waals surface area (Å²) in [6.07, 6.45) is 0. The molecule has 2 amide bonds. The van der Waals surface area contributed by atoms with E-state index in [4.69, 9.17) is 0 Å². The first-order chi connectivity index (χ1) is 13.8. The second-order valence-electron chi connectivity index (χ2n) is 7.11. The molecule has 2 N–H and O–H groups in total. The van der Waals surface area contributed by atoms with Crippen molar-refractivity contribution in [3.8, 4) is 0 Å². The number of fused-ring (bicyclic) bond motifs is 1. The van der Waals surface area contributed by atoms with E-state index in [1.54, 1.807) is 24.3 Å². The molecule has 0 spiro atoms. The normalized spacial score (nSPS) is 10.9. The number of hydrogen-bond acceptors (Lipinski definition) is 4. The number of aromatic nitrogens is 2. The summed E-state index contributed by atoms with van der Waals surface area (Å²) < 4.78 is 15.1. The van der Waals surface area contributed by atoms with Crippen molar-refractivity contribution in [1.82, 2.24) is 9.78 Å². The van der Waals surface area contributed by atoms with Gasteiger partial charge in [0.15, 0.2) is 5.69 Å². The van der Waals surface area contributed by atoms with E-state index >= 15 is 0 Å². The Morgan fingerprint density at radius 2 is 1.79 bits per heavy atom. The van der Waals surface area contributed by atoms with Crippen molar-refractivity contribution < 1.29 is 14.0 Å². The molecular weight excluding hydrogens is 375 g/mol. The zero-order valence-electron chi connectivity index (χ0n) is 16.3. The average Bonchev–Trinajstić information content (AvgIpc) is 2.66. The van der Waals surface area contributed by atoms with E-state index in [0.29, 0.717) is 17.3 Å². The fraction of sp³-hybridized carbons (Fsp3) is 0.238. The lowest BCUT2D eigenvalue weighted by molar-refractivity contribution is -0.114. The lowest BCUT2D eigenvalue weighted by Gasteiger charge is -2.13. The van der Waals surface area contributed by atoms with Crippen LogP contribution in [0, 0.1) is 11.7 Å². The molecule has 29 heavy (non-hydrogen) atoms. The summed E-state index contributed by atoms with van der Waals surface area (Å²) in [5.74, 6) is -1.43. The molecule has 7 nitrogen and oxygen atoms in total. The summed E-state index contributed by atoms with van der Waals surface area (Å²) in [7, 11) is 0. The maximum absolute atomic E-state index is 13.8. The second-order valence-corrected chi connectivity index (χ2v) is 7.11. The Labute approximate surface area is 166 Å². The van der Waals surface area contributed by atoms with Gasteiger partial charge in [0.1, 0.15) is 5.82 Å². The van der Waals surface area contributed by atoms with Gasteiger partial charge in [-0.25, -0.2) is 9.07 Å². The van der Waals surface area contributed by atoms with Crippen LogP contribution in [0.15, 0.2) is 47.3 Å². The number of nitrogens with zero attached hydrogens (tertiary/aromatic N) is 2. The number of nitrogens with one attached hydrogen (secondary N) is 2. The first kappa shape index (κ1) is 20.2. The summed E-state index contributed by atoms with van der Waals surface area (Å²) in [4.78, 5) is 36.8. The van der Waals surface area contributed by atoms with Gasteiger partial charge in [-0.3, -0.25) is 14.4 Å². The first-order valence-electron chi connectivity index (χ1n) is 9.14. The Bertz CT molecular complexity index is 1150. The molecule has 0 atom stereocenters. The van der Waals surface area contributed by atoms with Crippen LogP contribution in [-0.2, 0) is 11.3 Å². The Hall–Kier alpha value is -3.55. The van der Waals surface area contributed by atoms with Crippen LogP contribution in [0.1, 0.15) is 31.3 Å². The van der Waals surface area contributed by atoms with Crippen LogP contribution in [0.2, 0.25) is 0 Å². The number of rotatable bonds is 5. The van der Waals surface area contributed by atoms with E-state index < -0.39 is 17.6 Å². The minimum absolute atomic E-state index is 0.0436. The van der Waals surface area contributed by atoms with Gasteiger partial charge >= 0.3 is 0 Å². The van der Waals surface area contributed by atoms with Crippen molar-refractivity contribution in [3.63, 3.8) is 0 Å². The van der Waals surface area contributed by atoms with Crippen LogP contribution in [0.3, 0.4) is 0 Å². The standard InChI is InChI=1S/C21H21FN4O3/c1-12(2)11-26-21(29)16-7-5-4-6-15(16)19(25-26)20(28)24-14-8-9-17(22)18(10-14)23-13(3)27/h4-10,12H,11H2,1-3H3,(H,23,27)(H,24,28). The number of benzene rings is 2. The number of anilines is 2. The van der Waals surface area contributed by atoms with Crippen LogP contribution >= 0.6 is 0 Å². The van der Waals surface area contributed by atoms with E-state index in [1.165, 1.54) is 23.7 Å². The largest absolute Gasteiger partial charge is 0.324 e. The molecule has 1 heterocycles. The van der Waals surface area contributed by atoms with Crippen molar-refractivity contribution in [2.75, 3.05) is 10.6 Å². The molecule has 1 aromatic heterocycles. The Kier molecular flexibility index (Phi) is 5.72. The molecule has 0 aliphatic heterocycles. The van der Waals surface area contributed by atoms with Gasteiger partial charge in [0.05, 0.1) is 11.1 Å². The van der Waals surface area contributed by atoms with Gasteiger partial charge in [-0.1, -0.05) is 32.0 Å². The molecule has 2 aromatic carbocycles. The smallest absolute Gasteiger partial charge is 0.276 e. The molecule has 0 fully saturated rings. The molecule has 0 aliphatic rings. The minimum atomic E-state index is -0.618. The van der Waals surface area contributed by atoms with Crippen LogP contribution in [0.4, 0.5) is 15.8 Å². The van der Waals surface area contributed by atoms with Gasteiger partial charge < -0.3 is 10.6 Å². The van der Waals surface area contributed by atoms with Gasteiger partial charge in [0.2, 0.25) is 5.91 Å². The van der Waals surface area contributed by atoms with Crippen LogP contribution in [0.5, 0.6) is 0 Å². The summed E-state index contributed by atoms with van der Waals surface area (Å²) >= 11 is 0. The monoisotopic (exact) mass is 396 g/mol. The predicted octanol–water partition coefficient (Wildman–Crippen LogP) is 3.40. The third-order valence-corrected chi connectivity index (χ3v) is 4.16. The maximum Gasteiger partial charge on any atom is 0.276 e. The lowest BCUT2D eigenvalue weighted by Crippen LogP contribution is -2.29. The number of hydrogen-bond donors (Lipinski definition) is 2. The quantitative estimate of drug-likeness (QED) is 0.691. The van der Waals surface area contributed by atoms with Crippen molar-refractivity contribution in [3.05, 3.63) is 64.3 Å². The number of amides is 2. The van der Waals surface area contributed by atoms with Crippen molar-refractivity contribution in [1.29, 1.82) is 0 Å². The SMILES string of the molecule is CC(=O)Nc1cc(NC(=O)c2nn(CC(C)C)c(=O)c3ccccc23)ccc1F. The van der Waals surface area contributed by atoms with E-state index in [-0.39, 0.29) is 28.5 Å². The van der Waals surface area contributed by atoms with Gasteiger partial charge in [-0.05, 0) is 30.2 Å². The van der Waals surface area contributed by atoms with Gasteiger partial charge in [0.25, 0.3) is 11.5 Å². The van der Waals surface area contributed by atoms with Gasteiger partial charge in [0, 0.05) is 24.5 Å². The second kappa shape index (κ2) is 8.22. The van der Waals surface area contributed by atoms with Crippen molar-refractivity contribution in [2.24, 2.45) is 5.92 Å². The zero-order chi connectivity index (χ0) is 21.1. The molecular formula is C21H21FN4O3. The Morgan fingerprint density at radius 3 is 2.45 bits per heavy atom. The molecule has 0 unspecified atom stereocenters.